The third-order valence-corrected chi connectivity index (χ3v) is 3.52. The van der Waals surface area contributed by atoms with Gasteiger partial charge in [0.15, 0.2) is 0 Å². The number of imide groups is 1. The van der Waals surface area contributed by atoms with Gasteiger partial charge in [0, 0.05) is 6.04 Å². The highest BCUT2D eigenvalue weighted by Gasteiger charge is 2.27. The number of nitrogens with zero attached hydrogens (tertiary/aromatic N) is 1. The summed E-state index contributed by atoms with van der Waals surface area (Å²) in [5, 5.41) is 14.3. The van der Waals surface area contributed by atoms with Crippen LogP contribution in [0.4, 0.5) is 4.79 Å². The summed E-state index contributed by atoms with van der Waals surface area (Å²) in [6, 6.07) is 8.14. The van der Waals surface area contributed by atoms with Crippen molar-refractivity contribution in [2.45, 2.75) is 59.2 Å². The van der Waals surface area contributed by atoms with Crippen molar-refractivity contribution in [3.63, 3.8) is 0 Å². The quantitative estimate of drug-likeness (QED) is 0.760. The zero-order chi connectivity index (χ0) is 20.6. The molecule has 0 aliphatic rings. The van der Waals surface area contributed by atoms with Gasteiger partial charge in [-0.1, -0.05) is 13.8 Å². The van der Waals surface area contributed by atoms with Crippen molar-refractivity contribution >= 4 is 12.0 Å². The second-order valence-electron chi connectivity index (χ2n) is 7.73. The van der Waals surface area contributed by atoms with Crippen LogP contribution in [0.1, 0.15) is 47.1 Å². The van der Waals surface area contributed by atoms with Crippen LogP contribution in [-0.2, 0) is 9.53 Å². The molecule has 0 aliphatic heterocycles. The number of benzene rings is 1. The van der Waals surface area contributed by atoms with Gasteiger partial charge in [0.2, 0.25) is 5.91 Å². The predicted molar refractivity (Wildman–Crippen MR) is 102 cm³/mol. The third-order valence-electron chi connectivity index (χ3n) is 3.52. The fraction of sp³-hybridized carbons (Fsp3) is 0.550. The van der Waals surface area contributed by atoms with Crippen LogP contribution in [0, 0.1) is 17.2 Å². The summed E-state index contributed by atoms with van der Waals surface area (Å²) in [4.78, 5) is 24.2. The first-order chi connectivity index (χ1) is 12.5. The number of nitriles is 1. The summed E-state index contributed by atoms with van der Waals surface area (Å²) in [6.45, 7) is 11.2. The van der Waals surface area contributed by atoms with Gasteiger partial charge in [-0.2, -0.15) is 5.26 Å². The summed E-state index contributed by atoms with van der Waals surface area (Å²) in [5.41, 5.74) is -0.111. The molecular weight excluding hydrogens is 346 g/mol. The van der Waals surface area contributed by atoms with Gasteiger partial charge in [-0.25, -0.2) is 4.79 Å². The summed E-state index contributed by atoms with van der Waals surface area (Å²) >= 11 is 0. The third kappa shape index (κ3) is 8.56. The van der Waals surface area contributed by atoms with Crippen LogP contribution in [0.5, 0.6) is 5.75 Å². The van der Waals surface area contributed by atoms with Crippen molar-refractivity contribution in [3.05, 3.63) is 29.8 Å². The van der Waals surface area contributed by atoms with E-state index in [1.807, 2.05) is 26.8 Å². The predicted octanol–water partition coefficient (Wildman–Crippen LogP) is 2.99. The average Bonchev–Trinajstić information content (AvgIpc) is 2.56. The molecule has 2 amide bonds. The van der Waals surface area contributed by atoms with Crippen LogP contribution in [0.3, 0.4) is 0 Å². The molecule has 1 aromatic rings. The van der Waals surface area contributed by atoms with E-state index in [-0.39, 0.29) is 12.0 Å². The van der Waals surface area contributed by atoms with Gasteiger partial charge in [-0.3, -0.25) is 15.4 Å². The van der Waals surface area contributed by atoms with Gasteiger partial charge in [-0.05, 0) is 57.9 Å². The molecule has 0 aliphatic carbocycles. The second-order valence-corrected chi connectivity index (χ2v) is 7.73. The fourth-order valence-electron chi connectivity index (χ4n) is 2.25. The van der Waals surface area contributed by atoms with Crippen LogP contribution in [0.2, 0.25) is 0 Å². The molecular formula is C20H29N3O4. The molecule has 2 atom stereocenters. The molecule has 0 spiro atoms. The minimum absolute atomic E-state index is 0.0372. The van der Waals surface area contributed by atoms with Crippen molar-refractivity contribution < 1.29 is 19.1 Å². The van der Waals surface area contributed by atoms with E-state index < -0.39 is 23.6 Å². The Balaban J connectivity index is 2.57. The lowest BCUT2D eigenvalue weighted by molar-refractivity contribution is -0.124. The Labute approximate surface area is 161 Å². The molecule has 27 heavy (non-hydrogen) atoms. The lowest BCUT2D eigenvalue weighted by Crippen LogP contribution is -2.53. The normalized spacial score (nSPS) is 13.4. The smallest absolute Gasteiger partial charge is 0.414 e. The number of alkyl carbamates (subject to hydrolysis) is 1. The van der Waals surface area contributed by atoms with Gasteiger partial charge < -0.3 is 9.47 Å². The van der Waals surface area contributed by atoms with Gasteiger partial charge >= 0.3 is 6.09 Å². The first kappa shape index (κ1) is 22.5. The Morgan fingerprint density at radius 1 is 1.15 bits per heavy atom. The van der Waals surface area contributed by atoms with Crippen LogP contribution in [-0.4, -0.2) is 36.3 Å². The lowest BCUT2D eigenvalue weighted by atomic mass is 10.0. The van der Waals surface area contributed by atoms with E-state index in [0.29, 0.717) is 17.9 Å². The van der Waals surface area contributed by atoms with Crippen molar-refractivity contribution in [1.82, 2.24) is 10.6 Å². The Morgan fingerprint density at radius 3 is 2.22 bits per heavy atom. The standard InChI is InChI=1S/C20H29N3O4/c1-13(2)17(18(24)23-19(25)27-20(4,5)6)22-14(3)12-26-16-9-7-15(11-21)8-10-16/h7-10,13-14,17,22H,12H2,1-6H3,(H,23,24,25)/t14?,17-/m0/s1. The Kier molecular flexibility index (Phi) is 8.26. The molecule has 0 heterocycles. The van der Waals surface area contributed by atoms with Crippen molar-refractivity contribution in [2.24, 2.45) is 5.92 Å². The van der Waals surface area contributed by atoms with E-state index in [2.05, 4.69) is 10.6 Å². The maximum Gasteiger partial charge on any atom is 0.414 e. The summed E-state index contributed by atoms with van der Waals surface area (Å²) < 4.78 is 10.8. The second kappa shape index (κ2) is 9.93. The minimum atomic E-state index is -0.763. The molecule has 148 valence electrons. The highest BCUT2D eigenvalue weighted by molar-refractivity contribution is 5.95. The molecule has 2 N–H and O–H groups in total. The summed E-state index contributed by atoms with van der Waals surface area (Å²) in [5.74, 6) is 0.163. The molecule has 1 aromatic carbocycles. The lowest BCUT2D eigenvalue weighted by Gasteiger charge is -2.26. The number of amides is 2. The number of hydrogen-bond acceptors (Lipinski definition) is 6. The first-order valence-electron chi connectivity index (χ1n) is 8.94. The molecule has 0 saturated carbocycles. The fourth-order valence-corrected chi connectivity index (χ4v) is 2.25. The van der Waals surface area contributed by atoms with E-state index in [0.717, 1.165) is 0 Å². The number of carbonyl (C=O) groups excluding carboxylic acids is 2. The molecule has 1 rings (SSSR count). The number of carbonyl (C=O) groups is 2. The van der Waals surface area contributed by atoms with Gasteiger partial charge in [0.25, 0.3) is 0 Å². The monoisotopic (exact) mass is 375 g/mol. The van der Waals surface area contributed by atoms with Crippen molar-refractivity contribution in [3.8, 4) is 11.8 Å². The Morgan fingerprint density at radius 2 is 1.74 bits per heavy atom. The van der Waals surface area contributed by atoms with Gasteiger partial charge in [0.05, 0.1) is 17.7 Å². The van der Waals surface area contributed by atoms with Gasteiger partial charge in [-0.15, -0.1) is 0 Å². The zero-order valence-corrected chi connectivity index (χ0v) is 16.8. The van der Waals surface area contributed by atoms with E-state index in [4.69, 9.17) is 14.7 Å². The number of nitrogens with one attached hydrogen (secondary N) is 2. The van der Waals surface area contributed by atoms with E-state index in [1.54, 1.807) is 45.0 Å². The van der Waals surface area contributed by atoms with Crippen molar-refractivity contribution in [2.75, 3.05) is 6.61 Å². The molecule has 0 bridgehead atoms. The molecule has 0 fully saturated rings. The van der Waals surface area contributed by atoms with Crippen LogP contribution >= 0.6 is 0 Å². The van der Waals surface area contributed by atoms with E-state index in [1.165, 1.54) is 0 Å². The molecule has 0 aromatic heterocycles. The van der Waals surface area contributed by atoms with E-state index in [9.17, 15) is 9.59 Å². The number of hydrogen-bond donors (Lipinski definition) is 2. The maximum atomic E-state index is 12.4. The first-order valence-corrected chi connectivity index (χ1v) is 8.94. The summed E-state index contributed by atoms with van der Waals surface area (Å²) in [7, 11) is 0. The molecule has 1 unspecified atom stereocenters. The maximum absolute atomic E-state index is 12.4. The molecule has 7 nitrogen and oxygen atoms in total. The van der Waals surface area contributed by atoms with Crippen molar-refractivity contribution in [1.29, 1.82) is 5.26 Å². The Hall–Kier alpha value is -2.59. The van der Waals surface area contributed by atoms with E-state index >= 15 is 0 Å². The average molecular weight is 375 g/mol. The minimum Gasteiger partial charge on any atom is -0.492 e. The molecule has 0 radical (unpaired) electrons. The number of ether oxygens (including phenoxy) is 2. The van der Waals surface area contributed by atoms with Crippen LogP contribution < -0.4 is 15.4 Å². The van der Waals surface area contributed by atoms with Crippen LogP contribution in [0.25, 0.3) is 0 Å². The summed E-state index contributed by atoms with van der Waals surface area (Å²) in [6.07, 6.45) is -0.763. The largest absolute Gasteiger partial charge is 0.492 e. The highest BCUT2D eigenvalue weighted by Crippen LogP contribution is 2.12. The van der Waals surface area contributed by atoms with Gasteiger partial charge in [0.1, 0.15) is 18.0 Å². The Bertz CT molecular complexity index is 672. The highest BCUT2D eigenvalue weighted by atomic mass is 16.6. The van der Waals surface area contributed by atoms with Crippen LogP contribution in [0.15, 0.2) is 24.3 Å². The SMILES string of the molecule is CC(COc1ccc(C#N)cc1)N[C@H](C(=O)NC(=O)OC(C)(C)C)C(C)C. The number of rotatable bonds is 7. The molecule has 7 heteroatoms. The topological polar surface area (TPSA) is 100 Å². The zero-order valence-electron chi connectivity index (χ0n) is 16.8. The molecule has 0 saturated heterocycles.